The third kappa shape index (κ3) is 11.6. The summed E-state index contributed by atoms with van der Waals surface area (Å²) in [4.78, 5) is 13.7. The monoisotopic (exact) mass is 728 g/mol. The smallest absolute Gasteiger partial charge is 0.338 e. The molecule has 0 saturated carbocycles. The van der Waals surface area contributed by atoms with Gasteiger partial charge in [0, 0.05) is 30.3 Å². The minimum atomic E-state index is -2.28. The molecule has 0 radical (unpaired) electrons. The topological polar surface area (TPSA) is 74.2 Å². The average molecular weight is 729 g/mol. The molecule has 284 valence electrons. The molecular weight excluding hydrogens is 657 g/mol. The SMILES string of the molecule is CC(C)[Si](OC[C@@H](C)[C@H](O[Si](C)(C)C(C)(C)C)[C@H](C)[C@@H](OC(=O)c1ccccc1)[C@@H](C)[C@H](O)[C@H](C)COCc1ccccc1)(C(C)C)C(C)C. The highest BCUT2D eigenvalue weighted by atomic mass is 28.4. The van der Waals surface area contributed by atoms with Crippen LogP contribution in [0.4, 0.5) is 0 Å². The van der Waals surface area contributed by atoms with Crippen LogP contribution in [0.25, 0.3) is 0 Å². The highest BCUT2D eigenvalue weighted by Crippen LogP contribution is 2.44. The van der Waals surface area contributed by atoms with E-state index in [1.165, 1.54) is 0 Å². The van der Waals surface area contributed by atoms with Crippen LogP contribution in [0.15, 0.2) is 60.7 Å². The molecule has 1 N–H and O–H groups in total. The van der Waals surface area contributed by atoms with Gasteiger partial charge < -0.3 is 23.4 Å². The zero-order chi connectivity index (χ0) is 38.0. The quantitative estimate of drug-likeness (QED) is 0.108. The fraction of sp³-hybridized carbons (Fsp3) is 0.690. The molecule has 0 aliphatic carbocycles. The first-order valence-electron chi connectivity index (χ1n) is 19.0. The standard InChI is InChI=1S/C42H72O6Si2/c1-29(2)50(30(3)4,31(5)6)46-27-33(8)39(48-49(14,15)42(11,12)13)35(10)40(47-41(44)37-24-20-17-21-25-37)34(9)38(43)32(7)26-45-28-36-22-18-16-19-23-36/h16-25,29-35,38-40,43H,26-28H2,1-15H3/t32-,33-,34+,35+,38-,39+,40+/m1/s1. The molecule has 6 nitrogen and oxygen atoms in total. The van der Waals surface area contributed by atoms with Crippen molar-refractivity contribution in [2.24, 2.45) is 23.7 Å². The van der Waals surface area contributed by atoms with Crippen molar-refractivity contribution < 1.29 is 28.2 Å². The second-order valence-corrected chi connectivity index (χ2v) is 27.6. The van der Waals surface area contributed by atoms with E-state index in [2.05, 4.69) is 89.3 Å². The molecule has 0 amide bonds. The number of hydrogen-bond donors (Lipinski definition) is 1. The van der Waals surface area contributed by atoms with Crippen LogP contribution in [0, 0.1) is 23.7 Å². The Kier molecular flexibility index (Phi) is 17.1. The molecule has 2 rings (SSSR count). The van der Waals surface area contributed by atoms with E-state index in [4.69, 9.17) is 18.3 Å². The number of hydrogen-bond acceptors (Lipinski definition) is 6. The minimum Gasteiger partial charge on any atom is -0.458 e. The maximum absolute atomic E-state index is 13.7. The van der Waals surface area contributed by atoms with Gasteiger partial charge in [-0.1, -0.05) is 139 Å². The summed E-state index contributed by atoms with van der Waals surface area (Å²) in [5.74, 6) is -1.17. The van der Waals surface area contributed by atoms with Crippen LogP contribution in [0.2, 0.25) is 34.8 Å². The van der Waals surface area contributed by atoms with Gasteiger partial charge >= 0.3 is 5.97 Å². The molecule has 0 unspecified atom stereocenters. The van der Waals surface area contributed by atoms with E-state index < -0.39 is 34.8 Å². The van der Waals surface area contributed by atoms with E-state index in [9.17, 15) is 9.90 Å². The fourth-order valence-electron chi connectivity index (χ4n) is 7.52. The van der Waals surface area contributed by atoms with E-state index in [1.807, 2.05) is 62.4 Å². The van der Waals surface area contributed by atoms with Gasteiger partial charge in [-0.25, -0.2) is 4.79 Å². The summed E-state index contributed by atoms with van der Waals surface area (Å²) in [6.45, 7) is 35.0. The molecule has 0 aliphatic rings. The largest absolute Gasteiger partial charge is 0.458 e. The predicted octanol–water partition coefficient (Wildman–Crippen LogP) is 10.9. The van der Waals surface area contributed by atoms with E-state index in [0.29, 0.717) is 42.0 Å². The Labute approximate surface area is 308 Å². The lowest BCUT2D eigenvalue weighted by Gasteiger charge is -2.47. The van der Waals surface area contributed by atoms with Crippen LogP contribution in [0.1, 0.15) is 106 Å². The first-order chi connectivity index (χ1) is 23.2. The van der Waals surface area contributed by atoms with Gasteiger partial charge in [0.2, 0.25) is 0 Å². The Bertz CT molecular complexity index is 1240. The predicted molar refractivity (Wildman–Crippen MR) is 213 cm³/mol. The molecule has 0 spiro atoms. The Morgan fingerprint density at radius 1 is 0.700 bits per heavy atom. The lowest BCUT2D eigenvalue weighted by atomic mass is 9.79. The Balaban J connectivity index is 2.50. The van der Waals surface area contributed by atoms with Crippen molar-refractivity contribution in [2.45, 2.75) is 150 Å². The molecule has 2 aromatic carbocycles. The lowest BCUT2D eigenvalue weighted by Crippen LogP contribution is -2.54. The minimum absolute atomic E-state index is 0.0240. The zero-order valence-electron chi connectivity index (χ0n) is 34.2. The van der Waals surface area contributed by atoms with Crippen molar-refractivity contribution in [3.63, 3.8) is 0 Å². The number of carbonyl (C=O) groups excluding carboxylic acids is 1. The molecule has 50 heavy (non-hydrogen) atoms. The fourth-order valence-corrected chi connectivity index (χ4v) is 14.6. The van der Waals surface area contributed by atoms with Crippen molar-refractivity contribution in [1.29, 1.82) is 0 Å². The number of aliphatic hydroxyl groups is 1. The average Bonchev–Trinajstić information content (AvgIpc) is 3.05. The number of benzene rings is 2. The third-order valence-corrected chi connectivity index (χ3v) is 22.1. The van der Waals surface area contributed by atoms with Crippen LogP contribution < -0.4 is 0 Å². The maximum atomic E-state index is 13.7. The number of ether oxygens (including phenoxy) is 2. The van der Waals surface area contributed by atoms with E-state index in [-0.39, 0.29) is 34.8 Å². The van der Waals surface area contributed by atoms with Crippen molar-refractivity contribution in [1.82, 2.24) is 0 Å². The molecule has 0 heterocycles. The molecule has 0 aliphatic heterocycles. The van der Waals surface area contributed by atoms with Gasteiger partial charge in [-0.2, -0.15) is 0 Å². The molecule has 7 atom stereocenters. The first kappa shape index (κ1) is 44.3. The molecule has 0 saturated heterocycles. The Morgan fingerprint density at radius 3 is 1.68 bits per heavy atom. The van der Waals surface area contributed by atoms with E-state index in [0.717, 1.165) is 5.56 Å². The van der Waals surface area contributed by atoms with Gasteiger partial charge in [-0.15, -0.1) is 0 Å². The van der Waals surface area contributed by atoms with Crippen LogP contribution >= 0.6 is 0 Å². The molecular formula is C42H72O6Si2. The van der Waals surface area contributed by atoms with Crippen molar-refractivity contribution in [3.8, 4) is 0 Å². The molecule has 8 heteroatoms. The number of rotatable bonds is 20. The zero-order valence-corrected chi connectivity index (χ0v) is 36.2. The second kappa shape index (κ2) is 19.3. The molecule has 2 aromatic rings. The van der Waals surface area contributed by atoms with Gasteiger partial charge in [0.1, 0.15) is 6.10 Å². The summed E-state index contributed by atoms with van der Waals surface area (Å²) >= 11 is 0. The van der Waals surface area contributed by atoms with Crippen LogP contribution in [0.3, 0.4) is 0 Å². The number of carbonyl (C=O) groups is 1. The maximum Gasteiger partial charge on any atom is 0.338 e. The summed E-state index contributed by atoms with van der Waals surface area (Å²) in [7, 11) is -4.42. The van der Waals surface area contributed by atoms with Crippen molar-refractivity contribution >= 4 is 22.6 Å². The third-order valence-electron chi connectivity index (χ3n) is 11.5. The van der Waals surface area contributed by atoms with Crippen LogP contribution in [0.5, 0.6) is 0 Å². The first-order valence-corrected chi connectivity index (χ1v) is 24.1. The summed E-state index contributed by atoms with van der Waals surface area (Å²) in [6.07, 6.45) is -1.65. The number of aliphatic hydroxyl groups excluding tert-OH is 1. The van der Waals surface area contributed by atoms with Crippen LogP contribution in [-0.4, -0.2) is 59.2 Å². The normalized spacial score (nSPS) is 17.3. The summed E-state index contributed by atoms with van der Waals surface area (Å²) in [6, 6.07) is 19.2. The van der Waals surface area contributed by atoms with E-state index in [1.54, 1.807) is 12.1 Å². The highest BCUT2D eigenvalue weighted by Gasteiger charge is 2.48. The second-order valence-electron chi connectivity index (χ2n) is 17.4. The lowest BCUT2D eigenvalue weighted by molar-refractivity contribution is -0.0866. The molecule has 0 fully saturated rings. The van der Waals surface area contributed by atoms with Crippen molar-refractivity contribution in [2.75, 3.05) is 13.2 Å². The molecule has 0 aromatic heterocycles. The van der Waals surface area contributed by atoms with Gasteiger partial charge in [-0.3, -0.25) is 0 Å². The van der Waals surface area contributed by atoms with Gasteiger partial charge in [0.15, 0.2) is 16.6 Å². The summed E-state index contributed by atoms with van der Waals surface area (Å²) in [5, 5.41) is 11.8. The van der Waals surface area contributed by atoms with Gasteiger partial charge in [0.25, 0.3) is 0 Å². The van der Waals surface area contributed by atoms with Crippen LogP contribution in [-0.2, 0) is 24.9 Å². The van der Waals surface area contributed by atoms with Gasteiger partial charge in [0.05, 0.1) is 31.0 Å². The van der Waals surface area contributed by atoms with Crippen molar-refractivity contribution in [3.05, 3.63) is 71.8 Å². The Hall–Kier alpha value is -1.82. The number of esters is 1. The molecule has 0 bridgehead atoms. The van der Waals surface area contributed by atoms with E-state index >= 15 is 0 Å². The Morgan fingerprint density at radius 2 is 1.20 bits per heavy atom. The highest BCUT2D eigenvalue weighted by molar-refractivity contribution is 6.77. The summed E-state index contributed by atoms with van der Waals surface area (Å²) < 4.78 is 27.0. The van der Waals surface area contributed by atoms with Gasteiger partial charge in [-0.05, 0) is 52.5 Å². The summed E-state index contributed by atoms with van der Waals surface area (Å²) in [5.41, 5.74) is 2.98.